The number of hydrogen-bond acceptors (Lipinski definition) is 3. The number of aromatic nitrogens is 2. The number of piperazine rings is 1. The van der Waals surface area contributed by atoms with Crippen LogP contribution in [0.3, 0.4) is 0 Å². The van der Waals surface area contributed by atoms with Crippen molar-refractivity contribution in [2.45, 2.75) is 31.3 Å². The summed E-state index contributed by atoms with van der Waals surface area (Å²) in [4.78, 5) is 16.1. The van der Waals surface area contributed by atoms with Gasteiger partial charge in [-0.1, -0.05) is 84.9 Å². The molecular formula is C30H30N4O. The van der Waals surface area contributed by atoms with Gasteiger partial charge in [0.25, 0.3) is 5.91 Å². The second-order valence-electron chi connectivity index (χ2n) is 9.59. The molecule has 1 fully saturated rings. The summed E-state index contributed by atoms with van der Waals surface area (Å²) in [5.41, 5.74) is 6.69. The summed E-state index contributed by atoms with van der Waals surface area (Å²) < 4.78 is 2.11. The lowest BCUT2D eigenvalue weighted by molar-refractivity contribution is 0.0636. The molecule has 1 aromatic heterocycles. The molecule has 35 heavy (non-hydrogen) atoms. The Bertz CT molecular complexity index is 1290. The third-order valence-electron chi connectivity index (χ3n) is 7.37. The fourth-order valence-corrected chi connectivity index (χ4v) is 5.64. The van der Waals surface area contributed by atoms with Crippen molar-refractivity contribution in [1.82, 2.24) is 20.0 Å². The molecule has 1 amide bonds. The van der Waals surface area contributed by atoms with E-state index >= 15 is 0 Å². The van der Waals surface area contributed by atoms with Crippen LogP contribution < -0.4 is 5.32 Å². The predicted octanol–water partition coefficient (Wildman–Crippen LogP) is 4.55. The fraction of sp³-hybridized carbons (Fsp3) is 0.267. The van der Waals surface area contributed by atoms with Gasteiger partial charge in [-0.25, -0.2) is 0 Å². The highest BCUT2D eigenvalue weighted by Crippen LogP contribution is 2.35. The van der Waals surface area contributed by atoms with Crippen molar-refractivity contribution in [3.05, 3.63) is 113 Å². The van der Waals surface area contributed by atoms with Crippen molar-refractivity contribution >= 4 is 5.91 Å². The van der Waals surface area contributed by atoms with Crippen LogP contribution in [0, 0.1) is 0 Å². The molecule has 1 saturated heterocycles. The van der Waals surface area contributed by atoms with Crippen LogP contribution in [0.2, 0.25) is 0 Å². The standard InChI is InChI=1S/C30H30N4O/c35-30(33-16-15-31-20-27(33)17-22-9-3-1-4-10-22)28-21-32-34(29(28)23-11-5-2-6-12-23)26-18-24-13-7-8-14-25(24)19-26/h1-14,21,26-27,31H,15-20H2/t27-/m1/s1. The van der Waals surface area contributed by atoms with Gasteiger partial charge in [0.1, 0.15) is 0 Å². The molecule has 0 spiro atoms. The molecule has 176 valence electrons. The molecule has 1 N–H and O–H groups in total. The molecule has 2 aliphatic rings. The Balaban J connectivity index is 1.35. The average molecular weight is 463 g/mol. The Morgan fingerprint density at radius 2 is 1.54 bits per heavy atom. The topological polar surface area (TPSA) is 50.2 Å². The molecule has 5 heteroatoms. The minimum absolute atomic E-state index is 0.0769. The lowest BCUT2D eigenvalue weighted by Gasteiger charge is -2.36. The van der Waals surface area contributed by atoms with Gasteiger partial charge in [-0.15, -0.1) is 0 Å². The summed E-state index contributed by atoms with van der Waals surface area (Å²) in [6, 6.07) is 29.7. The Morgan fingerprint density at radius 3 is 2.26 bits per heavy atom. The Kier molecular flexibility index (Phi) is 5.93. The lowest BCUT2D eigenvalue weighted by Crippen LogP contribution is -2.54. The van der Waals surface area contributed by atoms with Crippen LogP contribution in [0.5, 0.6) is 0 Å². The van der Waals surface area contributed by atoms with E-state index < -0.39 is 0 Å². The van der Waals surface area contributed by atoms with Crippen LogP contribution in [0.25, 0.3) is 11.3 Å². The van der Waals surface area contributed by atoms with E-state index in [1.54, 1.807) is 6.20 Å². The van der Waals surface area contributed by atoms with E-state index in [9.17, 15) is 4.79 Å². The van der Waals surface area contributed by atoms with E-state index in [2.05, 4.69) is 75.6 Å². The maximum atomic E-state index is 14.1. The smallest absolute Gasteiger partial charge is 0.258 e. The van der Waals surface area contributed by atoms with Gasteiger partial charge >= 0.3 is 0 Å². The SMILES string of the molecule is O=C(c1cnn(C2Cc3ccccc3C2)c1-c1ccccc1)N1CCNC[C@H]1Cc1ccccc1. The summed E-state index contributed by atoms with van der Waals surface area (Å²) in [5, 5.41) is 8.32. The first-order valence-corrected chi connectivity index (χ1v) is 12.5. The summed E-state index contributed by atoms with van der Waals surface area (Å²) in [5.74, 6) is 0.0769. The van der Waals surface area contributed by atoms with Crippen molar-refractivity contribution in [3.63, 3.8) is 0 Å². The van der Waals surface area contributed by atoms with Gasteiger partial charge in [0, 0.05) is 31.2 Å². The molecule has 0 unspecified atom stereocenters. The highest BCUT2D eigenvalue weighted by molar-refractivity contribution is 6.00. The van der Waals surface area contributed by atoms with Gasteiger partial charge in [-0.2, -0.15) is 5.10 Å². The molecule has 1 aliphatic carbocycles. The van der Waals surface area contributed by atoms with Gasteiger partial charge in [0.05, 0.1) is 23.5 Å². The number of carbonyl (C=O) groups is 1. The predicted molar refractivity (Wildman–Crippen MR) is 138 cm³/mol. The Hall–Kier alpha value is -3.70. The molecule has 5 nitrogen and oxygen atoms in total. The number of rotatable bonds is 5. The maximum absolute atomic E-state index is 14.1. The summed E-state index contributed by atoms with van der Waals surface area (Å²) in [7, 11) is 0. The summed E-state index contributed by atoms with van der Waals surface area (Å²) in [6.07, 6.45) is 4.52. The molecule has 3 aromatic carbocycles. The third kappa shape index (κ3) is 4.28. The maximum Gasteiger partial charge on any atom is 0.258 e. The van der Waals surface area contributed by atoms with Gasteiger partial charge in [-0.3, -0.25) is 9.48 Å². The lowest BCUT2D eigenvalue weighted by atomic mass is 10.0. The fourth-order valence-electron chi connectivity index (χ4n) is 5.64. The first-order valence-electron chi connectivity index (χ1n) is 12.5. The number of carbonyl (C=O) groups excluding carboxylic acids is 1. The van der Waals surface area contributed by atoms with Crippen molar-refractivity contribution in [2.24, 2.45) is 0 Å². The van der Waals surface area contributed by atoms with Crippen molar-refractivity contribution in [3.8, 4) is 11.3 Å². The van der Waals surface area contributed by atoms with Crippen LogP contribution in [0.1, 0.15) is 33.1 Å². The van der Waals surface area contributed by atoms with Crippen molar-refractivity contribution in [2.75, 3.05) is 19.6 Å². The number of nitrogens with one attached hydrogen (secondary N) is 1. The van der Waals surface area contributed by atoms with Gasteiger partial charge < -0.3 is 10.2 Å². The largest absolute Gasteiger partial charge is 0.333 e. The third-order valence-corrected chi connectivity index (χ3v) is 7.37. The normalized spacial score (nSPS) is 17.9. The van der Waals surface area contributed by atoms with E-state index in [1.165, 1.54) is 16.7 Å². The molecule has 0 radical (unpaired) electrons. The zero-order valence-corrected chi connectivity index (χ0v) is 19.8. The number of benzene rings is 3. The second kappa shape index (κ2) is 9.51. The zero-order chi connectivity index (χ0) is 23.6. The molecule has 6 rings (SSSR count). The summed E-state index contributed by atoms with van der Waals surface area (Å²) >= 11 is 0. The number of nitrogens with zero attached hydrogens (tertiary/aromatic N) is 3. The second-order valence-corrected chi connectivity index (χ2v) is 9.59. The molecule has 4 aromatic rings. The quantitative estimate of drug-likeness (QED) is 0.474. The minimum Gasteiger partial charge on any atom is -0.333 e. The number of amides is 1. The first-order chi connectivity index (χ1) is 17.3. The van der Waals surface area contributed by atoms with Crippen LogP contribution in [0.4, 0.5) is 0 Å². The van der Waals surface area contributed by atoms with Gasteiger partial charge in [0.15, 0.2) is 0 Å². The zero-order valence-electron chi connectivity index (χ0n) is 19.8. The van der Waals surface area contributed by atoms with Crippen molar-refractivity contribution < 1.29 is 4.79 Å². The molecule has 0 bridgehead atoms. The van der Waals surface area contributed by atoms with Gasteiger partial charge in [-0.05, 0) is 36.0 Å². The van der Waals surface area contributed by atoms with Crippen LogP contribution in [-0.2, 0) is 19.3 Å². The highest BCUT2D eigenvalue weighted by atomic mass is 16.2. The van der Waals surface area contributed by atoms with E-state index in [0.29, 0.717) is 12.1 Å². The average Bonchev–Trinajstić information content (AvgIpc) is 3.54. The van der Waals surface area contributed by atoms with Crippen LogP contribution >= 0.6 is 0 Å². The van der Waals surface area contributed by atoms with E-state index in [0.717, 1.165) is 43.6 Å². The summed E-state index contributed by atoms with van der Waals surface area (Å²) in [6.45, 7) is 2.31. The Labute approximate surface area is 206 Å². The van der Waals surface area contributed by atoms with Gasteiger partial charge in [0.2, 0.25) is 0 Å². The van der Waals surface area contributed by atoms with E-state index in [1.807, 2.05) is 24.3 Å². The Morgan fingerprint density at radius 1 is 0.886 bits per heavy atom. The number of hydrogen-bond donors (Lipinski definition) is 1. The minimum atomic E-state index is 0.0769. The van der Waals surface area contributed by atoms with E-state index in [4.69, 9.17) is 5.10 Å². The van der Waals surface area contributed by atoms with Crippen molar-refractivity contribution in [1.29, 1.82) is 0 Å². The molecule has 0 saturated carbocycles. The van der Waals surface area contributed by atoms with Crippen LogP contribution in [0.15, 0.2) is 91.1 Å². The first kappa shape index (κ1) is 21.8. The molecular weight excluding hydrogens is 432 g/mol. The monoisotopic (exact) mass is 462 g/mol. The molecule has 1 aliphatic heterocycles. The number of fused-ring (bicyclic) bond motifs is 1. The molecule has 1 atom stereocenters. The van der Waals surface area contributed by atoms with Crippen LogP contribution in [-0.4, -0.2) is 46.3 Å². The highest BCUT2D eigenvalue weighted by Gasteiger charge is 2.33. The van der Waals surface area contributed by atoms with E-state index in [-0.39, 0.29) is 18.0 Å². The molecule has 2 heterocycles.